The molecule has 2 N–H and O–H groups in total. The first-order valence-electron chi connectivity index (χ1n) is 9.27. The molecule has 2 aliphatic rings. The third-order valence-electron chi connectivity index (χ3n) is 5.04. The van der Waals surface area contributed by atoms with Crippen molar-refractivity contribution in [3.8, 4) is 0 Å². The maximum atomic E-state index is 10.2. The molecule has 0 amide bonds. The summed E-state index contributed by atoms with van der Waals surface area (Å²) in [6.07, 6.45) is 10.9. The fourth-order valence-electron chi connectivity index (χ4n) is 3.54. The molecule has 1 aromatic carbocycles. The number of hydrogen-bond donors (Lipinski definition) is 2. The lowest BCUT2D eigenvalue weighted by Gasteiger charge is -2.34. The molecule has 138 valence electrons. The van der Waals surface area contributed by atoms with Crippen molar-refractivity contribution in [2.45, 2.75) is 45.1 Å². The lowest BCUT2D eigenvalue weighted by Crippen LogP contribution is -2.35. The zero-order valence-electron chi connectivity index (χ0n) is 15.1. The Kier molecular flexibility index (Phi) is 6.15. The summed E-state index contributed by atoms with van der Waals surface area (Å²) in [7, 11) is -0.908. The van der Waals surface area contributed by atoms with E-state index in [0.717, 1.165) is 18.4 Å². The Balaban J connectivity index is 1.69. The summed E-state index contributed by atoms with van der Waals surface area (Å²) in [5.74, 6) is 1.69. The van der Waals surface area contributed by atoms with Gasteiger partial charge in [0, 0.05) is 6.04 Å². The highest BCUT2D eigenvalue weighted by Crippen LogP contribution is 2.30. The lowest BCUT2D eigenvalue weighted by atomic mass is 9.84. The van der Waals surface area contributed by atoms with E-state index in [2.05, 4.69) is 6.92 Å². The Morgan fingerprint density at radius 1 is 1.04 bits per heavy atom. The topological polar surface area (TPSA) is 62.2 Å². The summed E-state index contributed by atoms with van der Waals surface area (Å²) < 4.78 is 10.8. The van der Waals surface area contributed by atoms with Crippen molar-refractivity contribution in [3.63, 3.8) is 0 Å². The van der Waals surface area contributed by atoms with Crippen LogP contribution < -0.4 is 0 Å². The number of rotatable bonds is 4. The first-order valence-corrected chi connectivity index (χ1v) is 9.27. The van der Waals surface area contributed by atoms with E-state index in [1.807, 2.05) is 36.4 Å². The molecule has 0 aromatic heterocycles. The molecule has 1 heterocycles. The van der Waals surface area contributed by atoms with E-state index in [9.17, 15) is 10.2 Å². The molecule has 0 saturated heterocycles. The zero-order chi connectivity index (χ0) is 18.4. The number of nitrogens with zero attached hydrogens (tertiary/aromatic N) is 1. The van der Waals surface area contributed by atoms with Gasteiger partial charge in [-0.25, -0.2) is 0 Å². The van der Waals surface area contributed by atoms with E-state index in [-0.39, 0.29) is 17.9 Å². The van der Waals surface area contributed by atoms with E-state index in [4.69, 9.17) is 9.31 Å². The minimum atomic E-state index is -0.908. The summed E-state index contributed by atoms with van der Waals surface area (Å²) in [6, 6.07) is 9.82. The Bertz CT molecular complexity index is 646. The van der Waals surface area contributed by atoms with Crippen LogP contribution in [-0.2, 0) is 9.31 Å². The molecule has 1 fully saturated rings. The smallest absolute Gasteiger partial charge is 0.494 e. The Hall–Kier alpha value is -2.50. The van der Waals surface area contributed by atoms with Crippen LogP contribution in [0.4, 0.5) is 0 Å². The molecule has 3 rings (SSSR count). The molecular weight excluding hydrogens is 329 g/mol. The van der Waals surface area contributed by atoms with Gasteiger partial charge < -0.3 is 24.4 Å². The third kappa shape index (κ3) is 5.00. The summed E-state index contributed by atoms with van der Waals surface area (Å²) >= 11 is 0. The predicted octanol–water partition coefficient (Wildman–Crippen LogP) is 4.76. The Labute approximate surface area is 155 Å². The van der Waals surface area contributed by atoms with Crippen molar-refractivity contribution < 1.29 is 19.5 Å². The van der Waals surface area contributed by atoms with Crippen LogP contribution in [0.1, 0.15) is 44.6 Å². The van der Waals surface area contributed by atoms with Crippen molar-refractivity contribution in [3.05, 3.63) is 66.2 Å². The summed E-state index contributed by atoms with van der Waals surface area (Å²) in [5, 5.41) is 20.3. The summed E-state index contributed by atoms with van der Waals surface area (Å²) in [6.45, 7) is 2.10. The average molecular weight is 355 g/mol. The van der Waals surface area contributed by atoms with Gasteiger partial charge in [0.05, 0.1) is 12.4 Å². The van der Waals surface area contributed by atoms with Crippen LogP contribution in [0.5, 0.6) is 0 Å². The van der Waals surface area contributed by atoms with Gasteiger partial charge in [-0.2, -0.15) is 0 Å². The highest BCUT2D eigenvalue weighted by molar-refractivity contribution is 6.52. The molecule has 1 aromatic rings. The van der Waals surface area contributed by atoms with E-state index < -0.39 is 7.12 Å². The molecule has 0 radical (unpaired) electrons. The number of hydrogen-bond acceptors (Lipinski definition) is 5. The van der Waals surface area contributed by atoms with Crippen LogP contribution in [0.15, 0.2) is 60.6 Å². The molecule has 1 saturated carbocycles. The highest BCUT2D eigenvalue weighted by atomic mass is 16.7. The van der Waals surface area contributed by atoms with Gasteiger partial charge in [-0.15, -0.1) is 0 Å². The van der Waals surface area contributed by atoms with Gasteiger partial charge in [-0.05, 0) is 37.2 Å². The van der Waals surface area contributed by atoms with Gasteiger partial charge in [0.2, 0.25) is 0 Å². The molecule has 0 bridgehead atoms. The molecule has 1 atom stereocenters. The second-order valence-electron chi connectivity index (χ2n) is 6.89. The van der Waals surface area contributed by atoms with Crippen LogP contribution in [0.2, 0.25) is 0 Å². The molecule has 1 aliphatic carbocycles. The van der Waals surface area contributed by atoms with Crippen LogP contribution in [0.3, 0.4) is 0 Å². The first-order chi connectivity index (χ1) is 12.6. The average Bonchev–Trinajstić information content (AvgIpc) is 2.65. The molecule has 26 heavy (non-hydrogen) atoms. The monoisotopic (exact) mass is 355 g/mol. The third-order valence-corrected chi connectivity index (χ3v) is 5.04. The number of aliphatic hydroxyl groups excluding tert-OH is 2. The van der Waals surface area contributed by atoms with Crippen LogP contribution >= 0.6 is 0 Å². The SMILES string of the molecule is CC(C1CCCCC1)N1C=C(O)OB(C=Cc2ccccc2)O/C(O)=C\1. The van der Waals surface area contributed by atoms with E-state index >= 15 is 0 Å². The van der Waals surface area contributed by atoms with Gasteiger partial charge in [0.25, 0.3) is 11.9 Å². The Morgan fingerprint density at radius 3 is 2.27 bits per heavy atom. The van der Waals surface area contributed by atoms with E-state index in [0.29, 0.717) is 5.92 Å². The van der Waals surface area contributed by atoms with Crippen molar-refractivity contribution in [1.82, 2.24) is 4.90 Å². The number of aliphatic hydroxyl groups is 2. The maximum absolute atomic E-state index is 10.2. The molecule has 1 aliphatic heterocycles. The van der Waals surface area contributed by atoms with Gasteiger partial charge >= 0.3 is 7.12 Å². The van der Waals surface area contributed by atoms with Gasteiger partial charge in [0.1, 0.15) is 0 Å². The van der Waals surface area contributed by atoms with E-state index in [1.54, 1.807) is 10.9 Å². The normalized spacial score (nSPS) is 22.5. The minimum Gasteiger partial charge on any atom is -0.494 e. The fourth-order valence-corrected chi connectivity index (χ4v) is 3.54. The quantitative estimate of drug-likeness (QED) is 0.763. The predicted molar refractivity (Wildman–Crippen MR) is 103 cm³/mol. The van der Waals surface area contributed by atoms with Crippen molar-refractivity contribution in [1.29, 1.82) is 0 Å². The number of benzene rings is 1. The maximum Gasteiger partial charge on any atom is 0.629 e. The molecule has 6 heteroatoms. The highest BCUT2D eigenvalue weighted by Gasteiger charge is 2.28. The summed E-state index contributed by atoms with van der Waals surface area (Å²) in [4.78, 5) is 1.78. The van der Waals surface area contributed by atoms with Crippen LogP contribution in [-0.4, -0.2) is 28.3 Å². The standard InChI is InChI=1S/C20H26BNO4/c1-16(18-10-6-3-7-11-18)22-14-19(23)25-21(26-20(24)15-22)13-12-17-8-4-2-5-9-17/h2,4-5,8-9,12-16,18,23-24H,3,6-7,10-11H2,1H3/b13-12?,19-14-,20-15?. The van der Waals surface area contributed by atoms with E-state index in [1.165, 1.54) is 31.7 Å². The fraction of sp³-hybridized carbons (Fsp3) is 0.400. The van der Waals surface area contributed by atoms with Gasteiger partial charge in [-0.1, -0.05) is 55.7 Å². The first kappa shape index (κ1) is 18.3. The van der Waals surface area contributed by atoms with Gasteiger partial charge in [0.15, 0.2) is 0 Å². The zero-order valence-corrected chi connectivity index (χ0v) is 15.1. The van der Waals surface area contributed by atoms with Crippen molar-refractivity contribution in [2.75, 3.05) is 0 Å². The second kappa shape index (κ2) is 8.74. The minimum absolute atomic E-state index is 0.142. The Morgan fingerprint density at radius 2 is 1.65 bits per heavy atom. The van der Waals surface area contributed by atoms with Gasteiger partial charge in [-0.3, -0.25) is 0 Å². The second-order valence-corrected chi connectivity index (χ2v) is 6.89. The van der Waals surface area contributed by atoms with Crippen LogP contribution in [0.25, 0.3) is 6.08 Å². The molecule has 0 spiro atoms. The summed E-state index contributed by atoms with van der Waals surface area (Å²) in [5.41, 5.74) is 0.973. The molecule has 5 nitrogen and oxygen atoms in total. The van der Waals surface area contributed by atoms with Crippen LogP contribution in [0, 0.1) is 5.92 Å². The van der Waals surface area contributed by atoms with Crippen molar-refractivity contribution >= 4 is 13.2 Å². The molecule has 1 unspecified atom stereocenters. The largest absolute Gasteiger partial charge is 0.629 e. The lowest BCUT2D eigenvalue weighted by molar-refractivity contribution is 0.108. The molecular formula is C20H26BNO4. The van der Waals surface area contributed by atoms with Crippen molar-refractivity contribution in [2.24, 2.45) is 5.92 Å².